The van der Waals surface area contributed by atoms with Gasteiger partial charge in [-0.2, -0.15) is 0 Å². The maximum Gasteiger partial charge on any atom is 0.326 e. The van der Waals surface area contributed by atoms with Gasteiger partial charge in [-0.3, -0.25) is 14.4 Å². The molecule has 3 amide bonds. The molecule has 5 atom stereocenters. The summed E-state index contributed by atoms with van der Waals surface area (Å²) in [4.78, 5) is 55.9. The molecule has 11 heteroatoms. The van der Waals surface area contributed by atoms with Crippen LogP contribution in [0.1, 0.15) is 37.0 Å². The first-order chi connectivity index (χ1) is 22.0. The highest BCUT2D eigenvalue weighted by atomic mass is 16.4. The Hall–Kier alpha value is -5.16. The number of H-pyrrole nitrogens is 1. The molecule has 0 spiro atoms. The van der Waals surface area contributed by atoms with Gasteiger partial charge in [0.15, 0.2) is 0 Å². The zero-order chi connectivity index (χ0) is 33.2. The van der Waals surface area contributed by atoms with E-state index < -0.39 is 47.9 Å². The summed E-state index contributed by atoms with van der Waals surface area (Å²) in [5, 5.41) is 28.6. The van der Waals surface area contributed by atoms with Crippen LogP contribution in [0.4, 0.5) is 0 Å². The highest BCUT2D eigenvalue weighted by Gasteiger charge is 2.33. The number of phenolic OH excluding ortho intramolecular Hbond substituents is 1. The molecule has 0 bridgehead atoms. The van der Waals surface area contributed by atoms with Crippen molar-refractivity contribution < 1.29 is 29.4 Å². The zero-order valence-electron chi connectivity index (χ0n) is 25.9. The molecular formula is C35H41N5O6. The second-order valence-corrected chi connectivity index (χ2v) is 11.6. The normalized spacial score (nSPS) is 14.4. The molecule has 242 valence electrons. The lowest BCUT2D eigenvalue weighted by molar-refractivity contribution is -0.142. The Morgan fingerprint density at radius 3 is 2.04 bits per heavy atom. The first-order valence-corrected chi connectivity index (χ1v) is 15.3. The molecule has 0 aliphatic carbocycles. The number of carbonyl (C=O) groups excluding carboxylic acids is 3. The van der Waals surface area contributed by atoms with Crippen molar-refractivity contribution in [3.63, 3.8) is 0 Å². The van der Waals surface area contributed by atoms with Gasteiger partial charge >= 0.3 is 5.97 Å². The number of amides is 3. The van der Waals surface area contributed by atoms with Crippen LogP contribution in [0.3, 0.4) is 0 Å². The second kappa shape index (κ2) is 15.7. The molecule has 8 N–H and O–H groups in total. The Kier molecular flexibility index (Phi) is 11.5. The lowest BCUT2D eigenvalue weighted by Crippen LogP contribution is -2.59. The van der Waals surface area contributed by atoms with Crippen molar-refractivity contribution in [1.82, 2.24) is 20.9 Å². The lowest BCUT2D eigenvalue weighted by Gasteiger charge is -2.28. The predicted octanol–water partition coefficient (Wildman–Crippen LogP) is 2.81. The molecule has 1 heterocycles. The fraction of sp³-hybridized carbons (Fsp3) is 0.314. The van der Waals surface area contributed by atoms with E-state index in [1.165, 1.54) is 12.1 Å². The minimum Gasteiger partial charge on any atom is -0.508 e. The molecule has 0 aliphatic heterocycles. The van der Waals surface area contributed by atoms with Gasteiger partial charge in [-0.1, -0.05) is 80.9 Å². The lowest BCUT2D eigenvalue weighted by atomic mass is 9.96. The molecule has 4 aromatic rings. The van der Waals surface area contributed by atoms with Gasteiger partial charge in [-0.15, -0.1) is 0 Å². The smallest absolute Gasteiger partial charge is 0.326 e. The van der Waals surface area contributed by atoms with Gasteiger partial charge in [-0.25, -0.2) is 4.79 Å². The van der Waals surface area contributed by atoms with Gasteiger partial charge in [-0.05, 0) is 47.2 Å². The number of aromatic hydroxyl groups is 1. The third kappa shape index (κ3) is 8.95. The minimum atomic E-state index is -1.21. The summed E-state index contributed by atoms with van der Waals surface area (Å²) in [5.74, 6) is -3.33. The summed E-state index contributed by atoms with van der Waals surface area (Å²) in [6.07, 6.45) is 2.66. The first kappa shape index (κ1) is 33.7. The summed E-state index contributed by atoms with van der Waals surface area (Å²) < 4.78 is 0. The average Bonchev–Trinajstić information content (AvgIpc) is 3.46. The van der Waals surface area contributed by atoms with E-state index in [0.717, 1.165) is 22.0 Å². The molecule has 0 aliphatic rings. The van der Waals surface area contributed by atoms with Crippen LogP contribution in [0, 0.1) is 5.92 Å². The molecule has 46 heavy (non-hydrogen) atoms. The van der Waals surface area contributed by atoms with E-state index in [9.17, 15) is 29.4 Å². The minimum absolute atomic E-state index is 0.0477. The third-order valence-electron chi connectivity index (χ3n) is 8.15. The van der Waals surface area contributed by atoms with E-state index in [-0.39, 0.29) is 30.9 Å². The van der Waals surface area contributed by atoms with Crippen molar-refractivity contribution in [3.8, 4) is 5.75 Å². The number of carboxylic acids is 1. The Bertz CT molecular complexity index is 1640. The van der Waals surface area contributed by atoms with E-state index in [2.05, 4.69) is 20.9 Å². The molecule has 11 nitrogen and oxygen atoms in total. The molecule has 0 saturated carbocycles. The van der Waals surface area contributed by atoms with Gasteiger partial charge in [0.1, 0.15) is 23.9 Å². The number of aromatic amines is 1. The van der Waals surface area contributed by atoms with Crippen LogP contribution in [0.5, 0.6) is 5.75 Å². The number of nitrogens with one attached hydrogen (secondary N) is 4. The highest BCUT2D eigenvalue weighted by Crippen LogP contribution is 2.19. The van der Waals surface area contributed by atoms with Crippen molar-refractivity contribution in [2.45, 2.75) is 63.7 Å². The van der Waals surface area contributed by atoms with Crippen LogP contribution in [0.25, 0.3) is 10.9 Å². The summed E-state index contributed by atoms with van der Waals surface area (Å²) in [6, 6.07) is 18.4. The monoisotopic (exact) mass is 627 g/mol. The van der Waals surface area contributed by atoms with E-state index >= 15 is 0 Å². The molecule has 4 rings (SSSR count). The molecule has 0 radical (unpaired) electrons. The number of carboxylic acid groups (broad SMARTS) is 1. The van der Waals surface area contributed by atoms with Gasteiger partial charge in [0.05, 0.1) is 6.04 Å². The third-order valence-corrected chi connectivity index (χ3v) is 8.15. The average molecular weight is 628 g/mol. The maximum atomic E-state index is 13.8. The van der Waals surface area contributed by atoms with E-state index in [1.807, 2.05) is 37.3 Å². The number of phenols is 1. The SMILES string of the molecule is CCC(C)C(NC(=O)C(Cc1ccc(O)cc1)NC(=O)C(N)Cc1c[nH]c2ccccc12)C(=O)NC(Cc1ccccc1)C(=O)O. The first-order valence-electron chi connectivity index (χ1n) is 15.3. The van der Waals surface area contributed by atoms with Crippen molar-refractivity contribution >= 4 is 34.6 Å². The van der Waals surface area contributed by atoms with Gasteiger partial charge in [0, 0.05) is 29.9 Å². The zero-order valence-corrected chi connectivity index (χ0v) is 25.9. The summed E-state index contributed by atoms with van der Waals surface area (Å²) in [6.45, 7) is 3.64. The van der Waals surface area contributed by atoms with Crippen LogP contribution in [-0.4, -0.2) is 63.1 Å². The fourth-order valence-corrected chi connectivity index (χ4v) is 5.25. The number of carbonyl (C=O) groups is 4. The Labute approximate surface area is 267 Å². The Morgan fingerprint density at radius 2 is 1.37 bits per heavy atom. The van der Waals surface area contributed by atoms with E-state index in [4.69, 9.17) is 5.73 Å². The number of rotatable bonds is 15. The maximum absolute atomic E-state index is 13.8. The Balaban J connectivity index is 1.51. The van der Waals surface area contributed by atoms with E-state index in [0.29, 0.717) is 12.0 Å². The summed E-state index contributed by atoms with van der Waals surface area (Å²) in [5.41, 5.74) is 9.48. The summed E-state index contributed by atoms with van der Waals surface area (Å²) in [7, 11) is 0. The number of benzene rings is 3. The van der Waals surface area contributed by atoms with Crippen molar-refractivity contribution in [2.24, 2.45) is 11.7 Å². The Morgan fingerprint density at radius 1 is 0.761 bits per heavy atom. The molecule has 5 unspecified atom stereocenters. The number of hydrogen-bond acceptors (Lipinski definition) is 6. The summed E-state index contributed by atoms with van der Waals surface area (Å²) >= 11 is 0. The number of fused-ring (bicyclic) bond motifs is 1. The number of aliphatic carboxylic acids is 1. The van der Waals surface area contributed by atoms with Crippen molar-refractivity contribution in [2.75, 3.05) is 0 Å². The molecular weight excluding hydrogens is 586 g/mol. The second-order valence-electron chi connectivity index (χ2n) is 11.6. The van der Waals surface area contributed by atoms with Crippen molar-refractivity contribution in [1.29, 1.82) is 0 Å². The number of nitrogens with two attached hydrogens (primary N) is 1. The highest BCUT2D eigenvalue weighted by molar-refractivity contribution is 5.94. The van der Waals surface area contributed by atoms with Crippen molar-refractivity contribution in [3.05, 3.63) is 102 Å². The molecule has 3 aromatic carbocycles. The standard InChI is InChI=1S/C35H41N5O6/c1-3-21(2)31(34(44)39-30(35(45)46)18-22-9-5-4-6-10-22)40-33(43)29(17-23-13-15-25(41)16-14-23)38-32(42)27(36)19-24-20-37-28-12-8-7-11-26(24)28/h4-16,20-21,27,29-31,37,41H,3,17-19,36H2,1-2H3,(H,38,42)(H,39,44)(H,40,43)(H,45,46). The van der Waals surface area contributed by atoms with Crippen LogP contribution < -0.4 is 21.7 Å². The predicted molar refractivity (Wildman–Crippen MR) is 175 cm³/mol. The quantitative estimate of drug-likeness (QED) is 0.106. The van der Waals surface area contributed by atoms with Gasteiger partial charge in [0.25, 0.3) is 0 Å². The van der Waals surface area contributed by atoms with Gasteiger partial charge < -0.3 is 36.9 Å². The molecule has 0 fully saturated rings. The number of hydrogen-bond donors (Lipinski definition) is 7. The molecule has 1 aromatic heterocycles. The largest absolute Gasteiger partial charge is 0.508 e. The van der Waals surface area contributed by atoms with E-state index in [1.54, 1.807) is 49.5 Å². The van der Waals surface area contributed by atoms with Crippen LogP contribution in [0.15, 0.2) is 85.1 Å². The number of para-hydroxylation sites is 1. The number of aromatic nitrogens is 1. The van der Waals surface area contributed by atoms with Crippen LogP contribution in [0.2, 0.25) is 0 Å². The fourth-order valence-electron chi connectivity index (χ4n) is 5.25. The van der Waals surface area contributed by atoms with Crippen LogP contribution in [-0.2, 0) is 38.4 Å². The van der Waals surface area contributed by atoms with Gasteiger partial charge in [0.2, 0.25) is 17.7 Å². The van der Waals surface area contributed by atoms with Crippen LogP contribution >= 0.6 is 0 Å². The molecule has 0 saturated heterocycles. The topological polar surface area (TPSA) is 187 Å².